The van der Waals surface area contributed by atoms with Crippen molar-refractivity contribution in [1.82, 2.24) is 24.5 Å². The van der Waals surface area contributed by atoms with Gasteiger partial charge in [0, 0.05) is 38.6 Å². The van der Waals surface area contributed by atoms with Crippen molar-refractivity contribution in [3.05, 3.63) is 60.7 Å². The van der Waals surface area contributed by atoms with Crippen LogP contribution in [-0.4, -0.2) is 46.0 Å². The Hall–Kier alpha value is -3.38. The Morgan fingerprint density at radius 3 is 2.67 bits per heavy atom. The lowest BCUT2D eigenvalue weighted by molar-refractivity contribution is -0.224. The van der Waals surface area contributed by atoms with E-state index in [4.69, 9.17) is 4.74 Å². The number of benzene rings is 1. The topological polar surface area (TPSA) is 104 Å². The maximum atomic E-state index is 13.6. The number of sulfonamides is 1. The van der Waals surface area contributed by atoms with Crippen LogP contribution in [0, 0.1) is 0 Å². The number of rotatable bonds is 6. The Labute approximate surface area is 188 Å². The molecule has 1 fully saturated rings. The van der Waals surface area contributed by atoms with Crippen LogP contribution in [0.3, 0.4) is 0 Å². The van der Waals surface area contributed by atoms with Crippen LogP contribution in [0.2, 0.25) is 0 Å². The van der Waals surface area contributed by atoms with E-state index in [1.807, 2.05) is 6.07 Å². The molecule has 0 saturated heterocycles. The largest absolute Gasteiger partial charge is 0.373 e. The Morgan fingerprint density at radius 2 is 1.94 bits per heavy atom. The van der Waals surface area contributed by atoms with Gasteiger partial charge in [0.05, 0.1) is 29.8 Å². The third-order valence-corrected chi connectivity index (χ3v) is 7.18. The van der Waals surface area contributed by atoms with E-state index in [0.717, 1.165) is 5.39 Å². The molecule has 0 bridgehead atoms. The molecule has 1 N–H and O–H groups in total. The average molecular weight is 474 g/mol. The van der Waals surface area contributed by atoms with Gasteiger partial charge in [0.1, 0.15) is 10.5 Å². The van der Waals surface area contributed by atoms with Gasteiger partial charge in [0.25, 0.3) is 15.9 Å². The number of para-hydroxylation sites is 1. The summed E-state index contributed by atoms with van der Waals surface area (Å²) in [5, 5.41) is 9.07. The molecule has 0 atom stereocenters. The van der Waals surface area contributed by atoms with Gasteiger partial charge < -0.3 is 4.74 Å². The molecule has 0 spiro atoms. The van der Waals surface area contributed by atoms with E-state index in [9.17, 15) is 17.2 Å². The third kappa shape index (κ3) is 3.64. The predicted molar refractivity (Wildman–Crippen MR) is 116 cm³/mol. The van der Waals surface area contributed by atoms with E-state index in [2.05, 4.69) is 19.9 Å². The van der Waals surface area contributed by atoms with Crippen LogP contribution in [0.15, 0.2) is 60.0 Å². The lowest BCUT2D eigenvalue weighted by Gasteiger charge is -2.46. The first-order valence-electron chi connectivity index (χ1n) is 10.0. The number of methoxy groups -OCH3 is 1. The number of fused-ring (bicyclic) bond motifs is 1. The molecule has 9 nitrogen and oxygen atoms in total. The lowest BCUT2D eigenvalue weighted by Crippen LogP contribution is -2.50. The first-order valence-corrected chi connectivity index (χ1v) is 11.5. The van der Waals surface area contributed by atoms with Crippen molar-refractivity contribution in [2.24, 2.45) is 7.05 Å². The van der Waals surface area contributed by atoms with Gasteiger partial charge in [-0.2, -0.15) is 10.2 Å². The number of nitrogens with zero attached hydrogens (tertiary/aromatic N) is 5. The average Bonchev–Trinajstić information content (AvgIpc) is 3.40. The first-order chi connectivity index (χ1) is 15.6. The summed E-state index contributed by atoms with van der Waals surface area (Å²) in [6.45, 7) is 0. The van der Waals surface area contributed by atoms with Crippen molar-refractivity contribution in [1.29, 1.82) is 0 Å². The highest BCUT2D eigenvalue weighted by Crippen LogP contribution is 2.53. The van der Waals surface area contributed by atoms with Crippen LogP contribution in [0.5, 0.6) is 0 Å². The summed E-state index contributed by atoms with van der Waals surface area (Å²) in [5.74, 6) is -2.50. The number of hydrogen-bond acceptors (Lipinski definition) is 6. The summed E-state index contributed by atoms with van der Waals surface area (Å²) in [6.07, 6.45) is 4.76. The molecule has 0 amide bonds. The van der Waals surface area contributed by atoms with Crippen molar-refractivity contribution in [2.45, 2.75) is 29.3 Å². The second kappa shape index (κ2) is 7.32. The number of halogens is 2. The highest BCUT2D eigenvalue weighted by molar-refractivity contribution is 7.92. The number of alkyl halides is 2. The Bertz CT molecular complexity index is 1460. The zero-order valence-corrected chi connectivity index (χ0v) is 18.6. The van der Waals surface area contributed by atoms with E-state index >= 15 is 0 Å². The number of aromatic nitrogens is 5. The van der Waals surface area contributed by atoms with Crippen LogP contribution in [0.4, 0.5) is 14.5 Å². The smallest absolute Gasteiger partial charge is 0.265 e. The molecule has 3 heterocycles. The van der Waals surface area contributed by atoms with E-state index in [-0.39, 0.29) is 10.7 Å². The molecule has 4 aromatic rings. The highest BCUT2D eigenvalue weighted by atomic mass is 32.2. The maximum Gasteiger partial charge on any atom is 0.265 e. The Balaban J connectivity index is 1.44. The first kappa shape index (κ1) is 21.5. The van der Waals surface area contributed by atoms with Crippen LogP contribution in [-0.2, 0) is 27.4 Å². The number of nitrogens with one attached hydrogen (secondary N) is 1. The summed E-state index contributed by atoms with van der Waals surface area (Å²) < 4.78 is 64.0. The molecule has 0 unspecified atom stereocenters. The zero-order valence-electron chi connectivity index (χ0n) is 17.7. The van der Waals surface area contributed by atoms with Gasteiger partial charge in [-0.05, 0) is 23.8 Å². The van der Waals surface area contributed by atoms with E-state index in [1.54, 1.807) is 42.2 Å². The minimum Gasteiger partial charge on any atom is -0.373 e. The second-order valence-corrected chi connectivity index (χ2v) is 9.73. The van der Waals surface area contributed by atoms with Crippen molar-refractivity contribution in [3.63, 3.8) is 0 Å². The van der Waals surface area contributed by atoms with E-state index in [1.165, 1.54) is 30.4 Å². The molecule has 3 aromatic heterocycles. The summed E-state index contributed by atoms with van der Waals surface area (Å²) in [5.41, 5.74) is 0.451. The Morgan fingerprint density at radius 1 is 1.15 bits per heavy atom. The summed E-state index contributed by atoms with van der Waals surface area (Å²) in [4.78, 5) is 4.13. The SMILES string of the molecule is COC1(c2ccnc(-n3cc(S(=O)(=O)Nc4cccc5cnn(C)c45)cn3)c2)CC(F)(F)C1. The predicted octanol–water partition coefficient (Wildman–Crippen LogP) is 3.23. The molecule has 1 aromatic carbocycles. The van der Waals surface area contributed by atoms with E-state index in [0.29, 0.717) is 16.8 Å². The minimum atomic E-state index is -3.96. The van der Waals surface area contributed by atoms with Gasteiger partial charge in [-0.25, -0.2) is 26.9 Å². The molecule has 1 aliphatic rings. The normalized spacial score (nSPS) is 17.1. The maximum absolute atomic E-state index is 13.6. The fourth-order valence-corrected chi connectivity index (χ4v) is 5.16. The summed E-state index contributed by atoms with van der Waals surface area (Å²) in [7, 11) is -0.850. The minimum absolute atomic E-state index is 0.0782. The van der Waals surface area contributed by atoms with Gasteiger partial charge in [-0.1, -0.05) is 12.1 Å². The van der Waals surface area contributed by atoms with E-state index < -0.39 is 34.4 Å². The second-order valence-electron chi connectivity index (χ2n) is 8.05. The summed E-state index contributed by atoms with van der Waals surface area (Å²) in [6, 6.07) is 8.40. The molecule has 5 rings (SSSR count). The van der Waals surface area contributed by atoms with Crippen molar-refractivity contribution < 1.29 is 21.9 Å². The molecular formula is C21H20F2N6O3S. The molecule has 0 radical (unpaired) electrons. The molecule has 0 aliphatic heterocycles. The van der Waals surface area contributed by atoms with Crippen LogP contribution < -0.4 is 4.72 Å². The van der Waals surface area contributed by atoms with Crippen molar-refractivity contribution >= 4 is 26.6 Å². The van der Waals surface area contributed by atoms with Gasteiger partial charge in [0.15, 0.2) is 5.82 Å². The van der Waals surface area contributed by atoms with Gasteiger partial charge in [0.2, 0.25) is 0 Å². The third-order valence-electron chi connectivity index (χ3n) is 5.86. The van der Waals surface area contributed by atoms with Gasteiger partial charge >= 0.3 is 0 Å². The number of aryl methyl sites for hydroxylation is 1. The molecule has 33 heavy (non-hydrogen) atoms. The number of hydrogen-bond donors (Lipinski definition) is 1. The number of pyridine rings is 1. The van der Waals surface area contributed by atoms with Crippen LogP contribution in [0.25, 0.3) is 16.7 Å². The van der Waals surface area contributed by atoms with Crippen molar-refractivity contribution in [2.75, 3.05) is 11.8 Å². The molecular weight excluding hydrogens is 454 g/mol. The molecule has 1 aliphatic carbocycles. The van der Waals surface area contributed by atoms with Gasteiger partial charge in [-0.3, -0.25) is 9.40 Å². The standard InChI is InChI=1S/C21H20F2N6O3S/c1-28-19-14(9-25-28)4-3-5-17(19)27-33(30,31)16-10-26-29(11-16)18-8-15(6-7-24-18)20(32-2)12-21(22,23)13-20/h3-11,27H,12-13H2,1-2H3. The van der Waals surface area contributed by atoms with Gasteiger partial charge in [-0.15, -0.1) is 0 Å². The quantitative estimate of drug-likeness (QED) is 0.460. The number of ether oxygens (including phenoxy) is 1. The monoisotopic (exact) mass is 474 g/mol. The van der Waals surface area contributed by atoms with Crippen LogP contribution in [0.1, 0.15) is 18.4 Å². The zero-order chi connectivity index (χ0) is 23.4. The fourth-order valence-electron chi connectivity index (χ4n) is 4.17. The Kier molecular flexibility index (Phi) is 4.76. The fraction of sp³-hybridized carbons (Fsp3) is 0.286. The molecule has 172 valence electrons. The summed E-state index contributed by atoms with van der Waals surface area (Å²) >= 11 is 0. The highest BCUT2D eigenvalue weighted by Gasteiger charge is 2.58. The molecule has 1 saturated carbocycles. The van der Waals surface area contributed by atoms with Crippen LogP contribution >= 0.6 is 0 Å². The number of anilines is 1. The lowest BCUT2D eigenvalue weighted by atomic mass is 9.72. The van der Waals surface area contributed by atoms with Crippen molar-refractivity contribution in [3.8, 4) is 5.82 Å². The molecule has 12 heteroatoms.